The van der Waals surface area contributed by atoms with E-state index < -0.39 is 45.4 Å². The molecule has 0 saturated carbocycles. The van der Waals surface area contributed by atoms with Gasteiger partial charge < -0.3 is 9.64 Å². The summed E-state index contributed by atoms with van der Waals surface area (Å²) in [5.41, 5.74) is -2.57. The van der Waals surface area contributed by atoms with Crippen LogP contribution in [0.5, 0.6) is 11.5 Å². The van der Waals surface area contributed by atoms with Crippen molar-refractivity contribution in [2.24, 2.45) is 0 Å². The molecule has 2 aromatic rings. The zero-order chi connectivity index (χ0) is 18.9. The number of benzene rings is 2. The Hall–Kier alpha value is -2.84. The van der Waals surface area contributed by atoms with E-state index in [9.17, 15) is 27.7 Å². The average Bonchev–Trinajstić information content (AvgIpc) is 3.09. The number of nitro groups is 1. The zero-order valence-electron chi connectivity index (χ0n) is 13.3. The standard InChI is InChI=1S/C17H13F4N2O3/c18-11-5-1-2-6-13(11)26-14-8-7-12(23(24)25)16(15(14)17(19,20)21)22-9-3-4-10-22/h1-2,5-9H,3-4,10H2. The highest BCUT2D eigenvalue weighted by molar-refractivity contribution is 5.74. The summed E-state index contributed by atoms with van der Waals surface area (Å²) in [5, 5.41) is 11.3. The molecule has 5 nitrogen and oxygen atoms in total. The highest BCUT2D eigenvalue weighted by Crippen LogP contribution is 2.49. The van der Waals surface area contributed by atoms with E-state index in [0.29, 0.717) is 12.8 Å². The molecule has 1 aliphatic rings. The van der Waals surface area contributed by atoms with Gasteiger partial charge in [-0.1, -0.05) is 12.1 Å². The van der Waals surface area contributed by atoms with Crippen molar-refractivity contribution in [3.05, 3.63) is 64.4 Å². The van der Waals surface area contributed by atoms with Crippen LogP contribution in [0.1, 0.15) is 18.4 Å². The fraction of sp³-hybridized carbons (Fsp3) is 0.235. The predicted octanol–water partition coefficient (Wildman–Crippen LogP) is 5.31. The molecule has 2 aromatic carbocycles. The van der Waals surface area contributed by atoms with Crippen molar-refractivity contribution in [2.45, 2.75) is 19.0 Å². The van der Waals surface area contributed by atoms with E-state index in [1.54, 1.807) is 0 Å². The minimum Gasteiger partial charge on any atom is -0.454 e. The minimum atomic E-state index is -4.93. The molecule has 0 aromatic heterocycles. The lowest BCUT2D eigenvalue weighted by atomic mass is 10.1. The lowest BCUT2D eigenvalue weighted by Gasteiger charge is -2.24. The number of rotatable bonds is 4. The maximum Gasteiger partial charge on any atom is 0.422 e. The summed E-state index contributed by atoms with van der Waals surface area (Å²) in [6.45, 7) is 1.69. The Kier molecular flexibility index (Phi) is 4.71. The first-order chi connectivity index (χ1) is 12.3. The van der Waals surface area contributed by atoms with Gasteiger partial charge >= 0.3 is 6.18 Å². The Morgan fingerprint density at radius 1 is 1.12 bits per heavy atom. The van der Waals surface area contributed by atoms with Crippen molar-refractivity contribution in [2.75, 3.05) is 11.4 Å². The van der Waals surface area contributed by atoms with Gasteiger partial charge in [-0.05, 0) is 31.0 Å². The Morgan fingerprint density at radius 3 is 2.42 bits per heavy atom. The Morgan fingerprint density at radius 2 is 1.85 bits per heavy atom. The van der Waals surface area contributed by atoms with Gasteiger partial charge in [-0.2, -0.15) is 13.2 Å². The summed E-state index contributed by atoms with van der Waals surface area (Å²) in [6, 6.07) is 6.78. The molecule has 137 valence electrons. The van der Waals surface area contributed by atoms with Crippen molar-refractivity contribution in [3.8, 4) is 11.5 Å². The van der Waals surface area contributed by atoms with Crippen LogP contribution < -0.4 is 9.64 Å². The molecule has 26 heavy (non-hydrogen) atoms. The van der Waals surface area contributed by atoms with Gasteiger partial charge in [0.15, 0.2) is 11.6 Å². The molecule has 0 amide bonds. The van der Waals surface area contributed by atoms with E-state index in [1.807, 2.05) is 0 Å². The Bertz CT molecular complexity index is 833. The molecule has 1 fully saturated rings. The topological polar surface area (TPSA) is 55.6 Å². The SMILES string of the molecule is O=[N+]([O-])c1ccc(Oc2ccccc2F)c(C(F)(F)F)c1N1[CH]CCC1. The summed E-state index contributed by atoms with van der Waals surface area (Å²) >= 11 is 0. The molecule has 0 N–H and O–H groups in total. The third kappa shape index (κ3) is 3.42. The third-order valence-electron chi connectivity index (χ3n) is 3.89. The van der Waals surface area contributed by atoms with Crippen molar-refractivity contribution in [1.82, 2.24) is 0 Å². The van der Waals surface area contributed by atoms with Crippen LogP contribution in [0.25, 0.3) is 0 Å². The molecule has 1 heterocycles. The number of ether oxygens (including phenoxy) is 1. The molecule has 9 heteroatoms. The largest absolute Gasteiger partial charge is 0.454 e. The van der Waals surface area contributed by atoms with E-state index in [1.165, 1.54) is 29.6 Å². The summed E-state index contributed by atoms with van der Waals surface area (Å²) in [5.74, 6) is -1.93. The fourth-order valence-electron chi connectivity index (χ4n) is 2.81. The van der Waals surface area contributed by atoms with Gasteiger partial charge in [-0.25, -0.2) is 4.39 Å². The molecule has 1 saturated heterocycles. The quantitative estimate of drug-likeness (QED) is 0.417. The molecule has 0 spiro atoms. The lowest BCUT2D eigenvalue weighted by molar-refractivity contribution is -0.384. The molecule has 3 rings (SSSR count). The molecular weight excluding hydrogens is 356 g/mol. The smallest absolute Gasteiger partial charge is 0.422 e. The molecular formula is C17H13F4N2O3. The second kappa shape index (κ2) is 6.81. The van der Waals surface area contributed by atoms with Crippen LogP contribution in [0.3, 0.4) is 0 Å². The Labute approximate surface area is 145 Å². The second-order valence-corrected chi connectivity index (χ2v) is 5.61. The molecule has 1 aliphatic heterocycles. The van der Waals surface area contributed by atoms with Crippen LogP contribution in [-0.4, -0.2) is 11.5 Å². The lowest BCUT2D eigenvalue weighted by Crippen LogP contribution is -2.21. The first-order valence-electron chi connectivity index (χ1n) is 7.70. The van der Waals surface area contributed by atoms with Crippen LogP contribution in [-0.2, 0) is 6.18 Å². The minimum absolute atomic E-state index is 0.215. The fourth-order valence-corrected chi connectivity index (χ4v) is 2.81. The molecule has 0 unspecified atom stereocenters. The van der Waals surface area contributed by atoms with Gasteiger partial charge in [0.25, 0.3) is 5.69 Å². The molecule has 0 atom stereocenters. The first-order valence-corrected chi connectivity index (χ1v) is 7.70. The summed E-state index contributed by atoms with van der Waals surface area (Å²) < 4.78 is 60.2. The zero-order valence-corrected chi connectivity index (χ0v) is 13.3. The van der Waals surface area contributed by atoms with Crippen LogP contribution in [0.4, 0.5) is 28.9 Å². The first kappa shape index (κ1) is 18.0. The number of hydrogen-bond donors (Lipinski definition) is 0. The Balaban J connectivity index is 2.20. The van der Waals surface area contributed by atoms with Crippen molar-refractivity contribution in [1.29, 1.82) is 0 Å². The average molecular weight is 369 g/mol. The maximum absolute atomic E-state index is 13.8. The van der Waals surface area contributed by atoms with E-state index in [2.05, 4.69) is 0 Å². The highest BCUT2D eigenvalue weighted by Gasteiger charge is 2.43. The number of halogens is 4. The predicted molar refractivity (Wildman–Crippen MR) is 85.5 cm³/mol. The van der Waals surface area contributed by atoms with Gasteiger partial charge in [0.2, 0.25) is 0 Å². The summed E-state index contributed by atoms with van der Waals surface area (Å²) in [7, 11) is 0. The second-order valence-electron chi connectivity index (χ2n) is 5.61. The number of anilines is 1. The van der Waals surface area contributed by atoms with E-state index in [4.69, 9.17) is 4.74 Å². The van der Waals surface area contributed by atoms with Gasteiger partial charge in [0, 0.05) is 19.2 Å². The van der Waals surface area contributed by atoms with Gasteiger partial charge in [0.05, 0.1) is 4.92 Å². The monoisotopic (exact) mass is 369 g/mol. The number of nitro benzene ring substituents is 1. The molecule has 0 aliphatic carbocycles. The molecule has 1 radical (unpaired) electrons. The maximum atomic E-state index is 13.8. The van der Waals surface area contributed by atoms with Crippen LogP contribution >= 0.6 is 0 Å². The normalized spacial score (nSPS) is 14.5. The number of nitrogens with zero attached hydrogens (tertiary/aromatic N) is 2. The van der Waals surface area contributed by atoms with E-state index in [0.717, 1.165) is 18.2 Å². The van der Waals surface area contributed by atoms with Gasteiger partial charge in [0.1, 0.15) is 17.0 Å². The van der Waals surface area contributed by atoms with Crippen molar-refractivity contribution >= 4 is 11.4 Å². The van der Waals surface area contributed by atoms with Crippen LogP contribution in [0.2, 0.25) is 0 Å². The molecule has 0 bridgehead atoms. The van der Waals surface area contributed by atoms with Crippen LogP contribution in [0, 0.1) is 22.5 Å². The van der Waals surface area contributed by atoms with Crippen molar-refractivity contribution < 1.29 is 27.2 Å². The van der Waals surface area contributed by atoms with E-state index >= 15 is 0 Å². The number of hydrogen-bond acceptors (Lipinski definition) is 4. The third-order valence-corrected chi connectivity index (χ3v) is 3.89. The summed E-state index contributed by atoms with van der Waals surface area (Å²) in [4.78, 5) is 11.6. The van der Waals surface area contributed by atoms with Crippen molar-refractivity contribution in [3.63, 3.8) is 0 Å². The van der Waals surface area contributed by atoms with E-state index in [-0.39, 0.29) is 6.54 Å². The number of para-hydroxylation sites is 1. The summed E-state index contributed by atoms with van der Waals surface area (Å²) in [6.07, 6.45) is -3.85. The van der Waals surface area contributed by atoms with Gasteiger partial charge in [-0.3, -0.25) is 10.1 Å². The number of alkyl halides is 3. The van der Waals surface area contributed by atoms with Gasteiger partial charge in [-0.15, -0.1) is 0 Å². The van der Waals surface area contributed by atoms with Crippen LogP contribution in [0.15, 0.2) is 36.4 Å². The highest BCUT2D eigenvalue weighted by atomic mass is 19.4.